The summed E-state index contributed by atoms with van der Waals surface area (Å²) in [6, 6.07) is 22.2. The fourth-order valence-electron chi connectivity index (χ4n) is 14.3. The first-order chi connectivity index (χ1) is 37.0. The number of hydrogen-bond donors (Lipinski definition) is 5. The molecule has 5 aliphatic carbocycles. The van der Waals surface area contributed by atoms with E-state index in [4.69, 9.17) is 23.5 Å². The molecule has 1 aliphatic heterocycles. The monoisotopic (exact) mass is 1130 g/mol. The molecule has 0 amide bonds. The van der Waals surface area contributed by atoms with Crippen LogP contribution in [-0.2, 0) is 56.2 Å². The average molecular weight is 1130 g/mol. The van der Waals surface area contributed by atoms with Gasteiger partial charge in [0.15, 0.2) is 29.2 Å². The highest BCUT2D eigenvalue weighted by molar-refractivity contribution is 7.95. The second kappa shape index (κ2) is 26.5. The van der Waals surface area contributed by atoms with E-state index in [-0.39, 0.29) is 59.0 Å². The molecule has 426 valence electrons. The summed E-state index contributed by atoms with van der Waals surface area (Å²) in [5.41, 5.74) is 1.07. The number of esters is 1. The Hall–Kier alpha value is -3.70. The third kappa shape index (κ3) is 13.5. The molecule has 3 aromatic rings. The van der Waals surface area contributed by atoms with Gasteiger partial charge in [-0.15, -0.1) is 0 Å². The van der Waals surface area contributed by atoms with E-state index in [0.29, 0.717) is 36.3 Å². The number of rotatable bonds is 25. The zero-order valence-corrected chi connectivity index (χ0v) is 48.0. The summed E-state index contributed by atoms with van der Waals surface area (Å²) in [6.45, 7) is 6.27. The lowest BCUT2D eigenvalue weighted by Gasteiger charge is -2.59. The summed E-state index contributed by atoms with van der Waals surface area (Å²) in [7, 11) is -5.45. The lowest BCUT2D eigenvalue weighted by molar-refractivity contribution is -0.209. The van der Waals surface area contributed by atoms with Gasteiger partial charge < -0.3 is 51.4 Å². The molecule has 0 spiro atoms. The van der Waals surface area contributed by atoms with E-state index in [1.165, 1.54) is 11.6 Å². The van der Waals surface area contributed by atoms with Crippen molar-refractivity contribution < 1.29 is 74.8 Å². The van der Waals surface area contributed by atoms with Crippen LogP contribution in [0, 0.1) is 34.5 Å². The molecule has 14 nitrogen and oxygen atoms in total. The van der Waals surface area contributed by atoms with Crippen molar-refractivity contribution in [2.45, 2.75) is 157 Å². The number of ketones is 2. The number of carbonyl (C=O) groups excluding carboxylic acids is 3. The third-order valence-electron chi connectivity index (χ3n) is 18.2. The van der Waals surface area contributed by atoms with E-state index < -0.39 is 72.3 Å². The second-order valence-corrected chi connectivity index (χ2v) is 26.3. The van der Waals surface area contributed by atoms with Gasteiger partial charge in [0.25, 0.3) is 0 Å². The second-order valence-electron chi connectivity index (χ2n) is 23.1. The summed E-state index contributed by atoms with van der Waals surface area (Å²) < 4.78 is 42.7. The van der Waals surface area contributed by atoms with Crippen LogP contribution in [0.15, 0.2) is 101 Å². The van der Waals surface area contributed by atoms with Crippen molar-refractivity contribution >= 4 is 36.3 Å². The largest absolute Gasteiger partial charge is 1.00 e. The highest BCUT2D eigenvalue weighted by atomic mass is 35.5. The fraction of sp³-hybridized carbons (Fsp3) is 0.590. The minimum absolute atomic E-state index is 0. The molecule has 0 aromatic heterocycles. The Morgan fingerprint density at radius 2 is 1.65 bits per heavy atom. The lowest BCUT2D eigenvalue weighted by atomic mass is 9.46. The molecule has 5 N–H and O–H groups in total. The van der Waals surface area contributed by atoms with Crippen molar-refractivity contribution in [3.05, 3.63) is 119 Å². The Bertz CT molecular complexity index is 2640. The van der Waals surface area contributed by atoms with Gasteiger partial charge in [-0.25, -0.2) is 9.36 Å². The highest BCUT2D eigenvalue weighted by Crippen LogP contribution is 2.70. The Labute approximate surface area is 469 Å². The number of aliphatic hydroxyl groups excluding tert-OH is 2. The van der Waals surface area contributed by atoms with E-state index in [2.05, 4.69) is 43.4 Å². The number of Topliss-reactive ketones (excluding diaryl/α,β-unsaturated/α-hetero) is 1. The van der Waals surface area contributed by atoms with Gasteiger partial charge in [0.05, 0.1) is 23.9 Å². The first-order valence-electron chi connectivity index (χ1n) is 28.3. The first-order valence-corrected chi connectivity index (χ1v) is 31.6. The molecule has 4 saturated carbocycles. The van der Waals surface area contributed by atoms with Gasteiger partial charge in [-0.3, -0.25) is 19.4 Å². The number of aryl methyl sites for hydroxylation is 1. The maximum absolute atomic E-state index is 15.0. The molecular weight excluding hydrogens is 1050 g/mol. The van der Waals surface area contributed by atoms with E-state index in [9.17, 15) is 34.2 Å². The van der Waals surface area contributed by atoms with Gasteiger partial charge in [0.1, 0.15) is 17.8 Å². The number of allylic oxidation sites excluding steroid dienone is 4. The van der Waals surface area contributed by atoms with Crippen LogP contribution in [0.2, 0.25) is 0 Å². The highest BCUT2D eigenvalue weighted by Gasteiger charge is 2.76. The van der Waals surface area contributed by atoms with Crippen LogP contribution in [0.25, 0.3) is 0 Å². The number of aliphatic hydroxyl groups is 2. The van der Waals surface area contributed by atoms with Gasteiger partial charge in [-0.05, 0) is 149 Å². The number of unbranched alkanes of at least 4 members (excludes halogenated alkanes) is 4. The molecule has 17 heteroatoms. The van der Waals surface area contributed by atoms with Gasteiger partial charge in [-0.1, -0.05) is 94.0 Å². The molecule has 6 aliphatic rings. The topological polar surface area (TPSA) is 207 Å². The van der Waals surface area contributed by atoms with Crippen LogP contribution < -0.4 is 22.2 Å². The number of carbonyl (C=O) groups is 3. The normalized spacial score (nSPS) is 29.3. The van der Waals surface area contributed by atoms with Crippen LogP contribution >= 0.6 is 7.82 Å². The van der Waals surface area contributed by atoms with Crippen molar-refractivity contribution in [1.29, 1.82) is 0 Å². The maximum atomic E-state index is 15.0. The van der Waals surface area contributed by atoms with E-state index >= 15 is 4.79 Å². The third-order valence-corrected chi connectivity index (χ3v) is 20.4. The number of phosphoric acid groups is 1. The predicted octanol–water partition coefficient (Wildman–Crippen LogP) is 6.87. The SMILES string of the molecule is C[S+](Cc1cc(C(O)CNCCCCCCOCCCCc2ccccc2)ccc1OP(=O)(O)O)c1ccc(C(=O)OCC(=O)[C@@]23O[C@H](C4CCCCC4)O[C@@H]2CC2C4CCC5=CC(=O)C=C[C@]5(C)C4[C@@H](O)C[C@@]23C)cc1.[Cl-]. The maximum Gasteiger partial charge on any atom is 0.524 e. The van der Waals surface area contributed by atoms with Crippen LogP contribution in [0.5, 0.6) is 5.75 Å². The number of nitrogens with one attached hydrogen (secondary N) is 1. The molecule has 5 fully saturated rings. The number of ether oxygens (including phenoxy) is 4. The predicted molar refractivity (Wildman–Crippen MR) is 295 cm³/mol. The fourth-order valence-corrected chi connectivity index (χ4v) is 16.1. The molecule has 0 radical (unpaired) electrons. The minimum atomic E-state index is -4.90. The van der Waals surface area contributed by atoms with Crippen LogP contribution in [0.3, 0.4) is 0 Å². The summed E-state index contributed by atoms with van der Waals surface area (Å²) in [5.74, 6) is -0.640. The Morgan fingerprint density at radius 1 is 0.923 bits per heavy atom. The standard InChI is InChI=1S/C61H80NO13PS.ClH/c1-59-30-29-47(63)35-46(59)24-27-49-50-36-55-61(60(50,2)37-51(64)56(49)59,74-58(73-55)43-19-10-7-11-20-43)54(66)39-72-57(67)42-21-25-48(26-22-42)77(3)40-45-34-44(23-28-53(45)75-76(68,69)70)52(65)38-62-31-13-4-5-14-32-71-33-15-12-18-41-16-8-6-9-17-41;/h6,8-9,16-17,21-23,25-26,28-30,34-35,43,49-52,55-56,58,62,64-65H,4-5,7,10-15,18-20,24,27,31-33,36-40H2,1-3H3,(H-,68,69,70);1H/t49?,50?,51-,52?,55+,56?,58+,59-,60-,61+,77?;/m0./s1. The van der Waals surface area contributed by atoms with Crippen molar-refractivity contribution in [2.75, 3.05) is 39.2 Å². The summed E-state index contributed by atoms with van der Waals surface area (Å²) in [5, 5.41) is 26.7. The number of phosphoric ester groups is 1. The van der Waals surface area contributed by atoms with Crippen LogP contribution in [0.1, 0.15) is 143 Å². The number of benzene rings is 3. The van der Waals surface area contributed by atoms with Crippen LogP contribution in [0.4, 0.5) is 0 Å². The van der Waals surface area contributed by atoms with Crippen molar-refractivity contribution in [2.24, 2.45) is 34.5 Å². The molecule has 9 rings (SSSR count). The zero-order valence-electron chi connectivity index (χ0n) is 45.5. The Kier molecular flexibility index (Phi) is 20.5. The quantitative estimate of drug-likeness (QED) is 0.0254. The van der Waals surface area contributed by atoms with Crippen molar-refractivity contribution in [3.8, 4) is 5.75 Å². The van der Waals surface area contributed by atoms with Gasteiger partial charge >= 0.3 is 13.8 Å². The molecule has 1 saturated heterocycles. The van der Waals surface area contributed by atoms with Gasteiger partial charge in [0, 0.05) is 58.9 Å². The van der Waals surface area contributed by atoms with E-state index in [0.717, 1.165) is 120 Å². The molecule has 5 unspecified atom stereocenters. The molecule has 78 heavy (non-hydrogen) atoms. The number of hydrogen-bond acceptors (Lipinski definition) is 12. The zero-order chi connectivity index (χ0) is 54.4. The Morgan fingerprint density at radius 3 is 2.40 bits per heavy atom. The molecule has 1 heterocycles. The first kappa shape index (κ1) is 60.4. The van der Waals surface area contributed by atoms with E-state index in [1.807, 2.05) is 18.4 Å². The van der Waals surface area contributed by atoms with E-state index in [1.54, 1.807) is 48.6 Å². The molecule has 11 atom stereocenters. The summed E-state index contributed by atoms with van der Waals surface area (Å²) >= 11 is 0. The summed E-state index contributed by atoms with van der Waals surface area (Å²) in [4.78, 5) is 61.7. The molecule has 0 bridgehead atoms. The van der Waals surface area contributed by atoms with Gasteiger partial charge in [-0.2, -0.15) is 0 Å². The Balaban J connectivity index is 0.00000803. The molecule has 3 aromatic carbocycles. The van der Waals surface area contributed by atoms with Gasteiger partial charge in [0.2, 0.25) is 5.78 Å². The summed E-state index contributed by atoms with van der Waals surface area (Å²) in [6.07, 6.45) is 19.5. The average Bonchev–Trinajstić information content (AvgIpc) is 3.59. The van der Waals surface area contributed by atoms with Crippen molar-refractivity contribution in [1.82, 2.24) is 5.32 Å². The van der Waals surface area contributed by atoms with Crippen LogP contribution in [-0.4, -0.2) is 101 Å². The van der Waals surface area contributed by atoms with Crippen molar-refractivity contribution in [3.63, 3.8) is 0 Å². The smallest absolute Gasteiger partial charge is 0.524 e. The molecular formula is C61H81ClNO13PS. The minimum Gasteiger partial charge on any atom is -1.00 e. The number of fused-ring (bicyclic) bond motifs is 7. The number of halogens is 1. The lowest BCUT2D eigenvalue weighted by Crippen LogP contribution is -3.00.